The summed E-state index contributed by atoms with van der Waals surface area (Å²) in [5.41, 5.74) is 2.34. The molecule has 0 saturated heterocycles. The van der Waals surface area contributed by atoms with Gasteiger partial charge in [0, 0.05) is 21.9 Å². The van der Waals surface area contributed by atoms with Crippen LogP contribution in [0.1, 0.15) is 27.6 Å². The zero-order valence-corrected chi connectivity index (χ0v) is 15.7. The monoisotopic (exact) mass is 373 g/mol. The van der Waals surface area contributed by atoms with Gasteiger partial charge < -0.3 is 9.47 Å². The molecule has 0 N–H and O–H groups in total. The average Bonchev–Trinajstić information content (AvgIpc) is 2.71. The molecular formula is C23H19NO4. The molecule has 140 valence electrons. The topological polar surface area (TPSA) is 55.8 Å². The van der Waals surface area contributed by atoms with Crippen molar-refractivity contribution in [3.05, 3.63) is 77.9 Å². The quantitative estimate of drug-likeness (QED) is 0.484. The Morgan fingerprint density at radius 3 is 2.29 bits per heavy atom. The van der Waals surface area contributed by atoms with Gasteiger partial charge in [-0.25, -0.2) is 4.90 Å². The number of amides is 2. The van der Waals surface area contributed by atoms with Crippen molar-refractivity contribution >= 4 is 28.3 Å². The van der Waals surface area contributed by atoms with Crippen LogP contribution in [0.3, 0.4) is 0 Å². The van der Waals surface area contributed by atoms with Gasteiger partial charge in [0.25, 0.3) is 11.8 Å². The first-order chi connectivity index (χ1) is 13.5. The fraction of sp³-hybridized carbons (Fsp3) is 0.130. The lowest BCUT2D eigenvalue weighted by atomic mass is 9.93. The van der Waals surface area contributed by atoms with E-state index < -0.39 is 0 Å². The van der Waals surface area contributed by atoms with E-state index in [0.29, 0.717) is 40.3 Å². The predicted octanol–water partition coefficient (Wildman–Crippen LogP) is 4.60. The van der Waals surface area contributed by atoms with Gasteiger partial charge in [0.05, 0.1) is 12.8 Å². The van der Waals surface area contributed by atoms with Crippen LogP contribution in [0.2, 0.25) is 0 Å². The molecule has 0 fully saturated rings. The highest BCUT2D eigenvalue weighted by Crippen LogP contribution is 2.37. The molecule has 3 aromatic carbocycles. The fourth-order valence-corrected chi connectivity index (χ4v) is 3.36. The molecule has 0 spiro atoms. The maximum Gasteiger partial charge on any atom is 0.265 e. The molecule has 0 saturated carbocycles. The zero-order valence-electron chi connectivity index (χ0n) is 15.7. The molecule has 1 aliphatic rings. The van der Waals surface area contributed by atoms with Crippen LogP contribution in [0.15, 0.2) is 66.7 Å². The summed E-state index contributed by atoms with van der Waals surface area (Å²) in [6, 6.07) is 15.7. The molecule has 28 heavy (non-hydrogen) atoms. The van der Waals surface area contributed by atoms with Crippen molar-refractivity contribution in [3.8, 4) is 11.5 Å². The standard InChI is InChI=1S/C23H19NO4/c1-14(2)13-28-20-12-11-19-21-17(20)5-4-6-18(21)22(25)24(23(19)26)15-7-9-16(27-3)10-8-15/h4-12H,1,13H2,2-3H3. The second-order valence-electron chi connectivity index (χ2n) is 6.73. The van der Waals surface area contributed by atoms with E-state index in [2.05, 4.69) is 6.58 Å². The van der Waals surface area contributed by atoms with Gasteiger partial charge in [0.1, 0.15) is 18.1 Å². The maximum atomic E-state index is 13.2. The minimum absolute atomic E-state index is 0.356. The largest absolute Gasteiger partial charge is 0.497 e. The number of ether oxygens (including phenoxy) is 2. The molecule has 4 rings (SSSR count). The highest BCUT2D eigenvalue weighted by molar-refractivity contribution is 6.36. The fourth-order valence-electron chi connectivity index (χ4n) is 3.36. The van der Waals surface area contributed by atoms with E-state index in [4.69, 9.17) is 9.47 Å². The number of imide groups is 1. The van der Waals surface area contributed by atoms with Crippen LogP contribution in [-0.2, 0) is 0 Å². The predicted molar refractivity (Wildman–Crippen MR) is 108 cm³/mol. The van der Waals surface area contributed by atoms with Crippen LogP contribution in [0.25, 0.3) is 10.8 Å². The Hall–Kier alpha value is -3.60. The van der Waals surface area contributed by atoms with Gasteiger partial charge in [-0.05, 0) is 55.0 Å². The van der Waals surface area contributed by atoms with Crippen LogP contribution in [0.4, 0.5) is 5.69 Å². The number of methoxy groups -OCH3 is 1. The number of carbonyl (C=O) groups is 2. The van der Waals surface area contributed by atoms with Crippen LogP contribution in [0.5, 0.6) is 11.5 Å². The number of hydrogen-bond acceptors (Lipinski definition) is 4. The highest BCUT2D eigenvalue weighted by atomic mass is 16.5. The number of nitrogens with zero attached hydrogens (tertiary/aromatic N) is 1. The molecule has 0 unspecified atom stereocenters. The average molecular weight is 373 g/mol. The molecule has 0 radical (unpaired) electrons. The Kier molecular flexibility index (Phi) is 4.35. The Morgan fingerprint density at radius 1 is 0.964 bits per heavy atom. The first kappa shape index (κ1) is 17.8. The Bertz CT molecular complexity index is 1090. The second kappa shape index (κ2) is 6.85. The number of anilines is 1. The summed E-state index contributed by atoms with van der Waals surface area (Å²) in [6.45, 7) is 6.10. The van der Waals surface area contributed by atoms with Gasteiger partial charge in [0.15, 0.2) is 0 Å². The smallest absolute Gasteiger partial charge is 0.265 e. The maximum absolute atomic E-state index is 13.2. The summed E-state index contributed by atoms with van der Waals surface area (Å²) in [6.07, 6.45) is 0. The van der Waals surface area contributed by atoms with E-state index >= 15 is 0 Å². The molecule has 3 aromatic rings. The van der Waals surface area contributed by atoms with Crippen molar-refractivity contribution in [2.75, 3.05) is 18.6 Å². The van der Waals surface area contributed by atoms with Crippen molar-refractivity contribution in [1.82, 2.24) is 0 Å². The lowest BCUT2D eigenvalue weighted by molar-refractivity contribution is 0.0893. The summed E-state index contributed by atoms with van der Waals surface area (Å²) >= 11 is 0. The molecule has 1 heterocycles. The van der Waals surface area contributed by atoms with Crippen molar-refractivity contribution < 1.29 is 19.1 Å². The number of carbonyl (C=O) groups excluding carboxylic acids is 2. The van der Waals surface area contributed by atoms with Gasteiger partial charge in [-0.15, -0.1) is 0 Å². The van der Waals surface area contributed by atoms with Gasteiger partial charge in [-0.1, -0.05) is 18.7 Å². The van der Waals surface area contributed by atoms with Crippen LogP contribution >= 0.6 is 0 Å². The normalized spacial score (nSPS) is 13.0. The van der Waals surface area contributed by atoms with E-state index in [1.807, 2.05) is 13.0 Å². The lowest BCUT2D eigenvalue weighted by Crippen LogP contribution is -2.40. The molecule has 2 amide bonds. The van der Waals surface area contributed by atoms with Crippen LogP contribution in [0, 0.1) is 0 Å². The van der Waals surface area contributed by atoms with E-state index in [0.717, 1.165) is 11.0 Å². The molecule has 0 aliphatic carbocycles. The highest BCUT2D eigenvalue weighted by Gasteiger charge is 2.34. The summed E-state index contributed by atoms with van der Waals surface area (Å²) in [5, 5.41) is 1.37. The third-order valence-electron chi connectivity index (χ3n) is 4.67. The summed E-state index contributed by atoms with van der Waals surface area (Å²) in [4.78, 5) is 27.5. The van der Waals surface area contributed by atoms with Crippen LogP contribution in [-0.4, -0.2) is 25.5 Å². The lowest BCUT2D eigenvalue weighted by Gasteiger charge is -2.27. The van der Waals surface area contributed by atoms with Crippen molar-refractivity contribution in [2.24, 2.45) is 0 Å². The number of hydrogen-bond donors (Lipinski definition) is 0. The molecule has 0 bridgehead atoms. The van der Waals surface area contributed by atoms with Crippen molar-refractivity contribution in [2.45, 2.75) is 6.92 Å². The van der Waals surface area contributed by atoms with Gasteiger partial charge >= 0.3 is 0 Å². The number of benzene rings is 3. The first-order valence-electron chi connectivity index (χ1n) is 8.87. The third-order valence-corrected chi connectivity index (χ3v) is 4.67. The first-order valence-corrected chi connectivity index (χ1v) is 8.87. The molecule has 0 atom stereocenters. The Labute approximate surface area is 162 Å². The van der Waals surface area contributed by atoms with Crippen molar-refractivity contribution in [3.63, 3.8) is 0 Å². The van der Waals surface area contributed by atoms with E-state index in [-0.39, 0.29) is 11.8 Å². The summed E-state index contributed by atoms with van der Waals surface area (Å²) in [7, 11) is 1.57. The number of rotatable bonds is 5. The third kappa shape index (κ3) is 2.81. The molecule has 0 aromatic heterocycles. The van der Waals surface area contributed by atoms with Gasteiger partial charge in [0.2, 0.25) is 0 Å². The van der Waals surface area contributed by atoms with E-state index in [9.17, 15) is 9.59 Å². The molecule has 5 nitrogen and oxygen atoms in total. The second-order valence-corrected chi connectivity index (χ2v) is 6.73. The molecular weight excluding hydrogens is 354 g/mol. The summed E-state index contributed by atoms with van der Waals surface area (Å²) < 4.78 is 11.0. The van der Waals surface area contributed by atoms with Crippen molar-refractivity contribution in [1.29, 1.82) is 0 Å². The Balaban J connectivity index is 1.84. The SMILES string of the molecule is C=C(C)COc1ccc2c3c(cccc13)C(=O)N(c1ccc(OC)cc1)C2=O. The summed E-state index contributed by atoms with van der Waals surface area (Å²) in [5.74, 6) is 0.570. The molecule has 5 heteroatoms. The van der Waals surface area contributed by atoms with E-state index in [1.54, 1.807) is 55.6 Å². The van der Waals surface area contributed by atoms with Gasteiger partial charge in [-0.3, -0.25) is 9.59 Å². The van der Waals surface area contributed by atoms with Gasteiger partial charge in [-0.2, -0.15) is 0 Å². The Morgan fingerprint density at radius 2 is 1.64 bits per heavy atom. The minimum Gasteiger partial charge on any atom is -0.497 e. The molecule has 1 aliphatic heterocycles. The zero-order chi connectivity index (χ0) is 19.8. The minimum atomic E-state index is -0.356. The van der Waals surface area contributed by atoms with Crippen LogP contribution < -0.4 is 14.4 Å². The van der Waals surface area contributed by atoms with E-state index in [1.165, 1.54) is 4.90 Å².